The number of piperidine rings is 1. The van der Waals surface area contributed by atoms with Gasteiger partial charge in [-0.05, 0) is 67.7 Å². The van der Waals surface area contributed by atoms with Gasteiger partial charge in [0.2, 0.25) is 0 Å². The summed E-state index contributed by atoms with van der Waals surface area (Å²) in [5.74, 6) is 0.0278. The summed E-state index contributed by atoms with van der Waals surface area (Å²) in [6.07, 6.45) is 8.79. The molecule has 3 aromatic rings. The molecule has 0 saturated carbocycles. The van der Waals surface area contributed by atoms with Crippen LogP contribution in [0.1, 0.15) is 46.8 Å². The van der Waals surface area contributed by atoms with Gasteiger partial charge in [-0.2, -0.15) is 15.0 Å². The van der Waals surface area contributed by atoms with Crippen LogP contribution in [0.15, 0.2) is 61.1 Å². The molecule has 7 nitrogen and oxygen atoms in total. The zero-order valence-corrected chi connectivity index (χ0v) is 18.3. The first-order valence-corrected chi connectivity index (χ1v) is 11.0. The summed E-state index contributed by atoms with van der Waals surface area (Å²) in [6.45, 7) is 4.76. The van der Waals surface area contributed by atoms with Crippen LogP contribution in [0.3, 0.4) is 0 Å². The Kier molecular flexibility index (Phi) is 5.59. The first kappa shape index (κ1) is 20.6. The van der Waals surface area contributed by atoms with E-state index in [2.05, 4.69) is 40.6 Å². The van der Waals surface area contributed by atoms with E-state index in [1.807, 2.05) is 48.5 Å². The molecule has 0 spiro atoms. The Hall–Kier alpha value is -3.29. The molecule has 2 aliphatic heterocycles. The summed E-state index contributed by atoms with van der Waals surface area (Å²) in [5.41, 5.74) is 4.81. The Labute approximate surface area is 187 Å². The largest absolute Gasteiger partial charge is 0.302 e. The summed E-state index contributed by atoms with van der Waals surface area (Å²) in [4.78, 5) is 21.5. The topological polar surface area (TPSA) is 72.3 Å². The third kappa shape index (κ3) is 4.22. The number of fused-ring (bicyclic) bond motifs is 1. The number of rotatable bonds is 5. The minimum absolute atomic E-state index is 0.0278. The molecule has 3 heterocycles. The van der Waals surface area contributed by atoms with Crippen LogP contribution >= 0.6 is 0 Å². The first-order chi connectivity index (χ1) is 15.6. The van der Waals surface area contributed by atoms with Crippen LogP contribution in [0.2, 0.25) is 0 Å². The van der Waals surface area contributed by atoms with E-state index >= 15 is 0 Å². The van der Waals surface area contributed by atoms with Crippen LogP contribution in [0.4, 0.5) is 0 Å². The normalized spacial score (nSPS) is 22.6. The SMILES string of the molecule is Cc1cc(C(=O)[C@@H]2NC(C)CCC2ON2C=Cc3ccccc3C2)cc(-n2nccn2)c1. The zero-order valence-electron chi connectivity index (χ0n) is 18.3. The number of ketones is 1. The van der Waals surface area contributed by atoms with Crippen molar-refractivity contribution in [1.82, 2.24) is 25.4 Å². The van der Waals surface area contributed by atoms with Crippen LogP contribution in [-0.4, -0.2) is 44.0 Å². The molecular weight excluding hydrogens is 402 g/mol. The second-order valence-corrected chi connectivity index (χ2v) is 8.60. The highest BCUT2D eigenvalue weighted by Gasteiger charge is 2.36. The maximum Gasteiger partial charge on any atom is 0.182 e. The van der Waals surface area contributed by atoms with Gasteiger partial charge in [0.1, 0.15) is 12.1 Å². The molecule has 164 valence electrons. The number of carbonyl (C=O) groups excluding carboxylic acids is 1. The van der Waals surface area contributed by atoms with E-state index in [0.29, 0.717) is 12.1 Å². The van der Waals surface area contributed by atoms with Crippen LogP contribution in [-0.2, 0) is 11.4 Å². The molecule has 1 aromatic heterocycles. The van der Waals surface area contributed by atoms with Crippen molar-refractivity contribution < 1.29 is 9.63 Å². The van der Waals surface area contributed by atoms with Crippen molar-refractivity contribution in [3.8, 4) is 5.69 Å². The van der Waals surface area contributed by atoms with E-state index in [0.717, 1.165) is 24.1 Å². The Bertz CT molecular complexity index is 1140. The molecule has 2 aliphatic rings. The molecule has 7 heteroatoms. The highest BCUT2D eigenvalue weighted by molar-refractivity contribution is 6.01. The van der Waals surface area contributed by atoms with Crippen molar-refractivity contribution in [2.45, 2.75) is 51.4 Å². The van der Waals surface area contributed by atoms with Crippen LogP contribution < -0.4 is 5.32 Å². The molecule has 0 radical (unpaired) electrons. The van der Waals surface area contributed by atoms with Gasteiger partial charge in [0.15, 0.2) is 5.78 Å². The third-order valence-corrected chi connectivity index (χ3v) is 6.07. The number of hydrogen-bond donors (Lipinski definition) is 1. The van der Waals surface area contributed by atoms with Crippen LogP contribution in [0.5, 0.6) is 0 Å². The fraction of sp³-hybridized carbons (Fsp3) is 0.320. The lowest BCUT2D eigenvalue weighted by Gasteiger charge is -2.38. The fourth-order valence-corrected chi connectivity index (χ4v) is 4.46. The summed E-state index contributed by atoms with van der Waals surface area (Å²) >= 11 is 0. The van der Waals surface area contributed by atoms with Gasteiger partial charge in [0, 0.05) is 17.8 Å². The van der Waals surface area contributed by atoms with Gasteiger partial charge in [-0.15, -0.1) is 0 Å². The Morgan fingerprint density at radius 2 is 1.94 bits per heavy atom. The number of carbonyl (C=O) groups is 1. The summed E-state index contributed by atoms with van der Waals surface area (Å²) in [6, 6.07) is 13.8. The molecule has 0 bridgehead atoms. The minimum Gasteiger partial charge on any atom is -0.302 e. The van der Waals surface area contributed by atoms with Gasteiger partial charge < -0.3 is 5.32 Å². The number of hydrogen-bond acceptors (Lipinski definition) is 6. The maximum atomic E-state index is 13.6. The van der Waals surface area contributed by atoms with Crippen LogP contribution in [0, 0.1) is 6.92 Å². The minimum atomic E-state index is -0.426. The molecule has 1 saturated heterocycles. The lowest BCUT2D eigenvalue weighted by molar-refractivity contribution is -0.183. The monoisotopic (exact) mass is 429 g/mol. The first-order valence-electron chi connectivity index (χ1n) is 11.0. The average molecular weight is 430 g/mol. The molecule has 1 N–H and O–H groups in total. The molecule has 3 atom stereocenters. The Balaban J connectivity index is 1.38. The molecular formula is C25H27N5O2. The lowest BCUT2D eigenvalue weighted by atomic mass is 9.90. The van der Waals surface area contributed by atoms with Gasteiger partial charge in [-0.25, -0.2) is 0 Å². The number of nitrogens with one attached hydrogen (secondary N) is 1. The second kappa shape index (κ2) is 8.68. The highest BCUT2D eigenvalue weighted by atomic mass is 16.7. The summed E-state index contributed by atoms with van der Waals surface area (Å²) in [7, 11) is 0. The Morgan fingerprint density at radius 1 is 1.12 bits per heavy atom. The number of benzene rings is 2. The standard InChI is InChI=1S/C25H27N5O2/c1-17-13-21(15-22(14-17)30-26-10-11-27-30)25(31)24-23(8-7-18(2)28-24)32-29-12-9-19-5-3-4-6-20(19)16-29/h3-6,9-15,18,23-24,28H,7-8,16H2,1-2H3/t18?,23?,24-/m1/s1. The van der Waals surface area contributed by atoms with Gasteiger partial charge >= 0.3 is 0 Å². The Morgan fingerprint density at radius 3 is 2.78 bits per heavy atom. The van der Waals surface area contributed by atoms with Gasteiger partial charge in [-0.1, -0.05) is 24.3 Å². The van der Waals surface area contributed by atoms with E-state index in [9.17, 15) is 4.79 Å². The predicted molar refractivity (Wildman–Crippen MR) is 122 cm³/mol. The maximum absolute atomic E-state index is 13.6. The van der Waals surface area contributed by atoms with Crippen LogP contribution in [0.25, 0.3) is 11.8 Å². The number of Topliss-reactive ketones (excluding diaryl/α,β-unsaturated/α-hetero) is 1. The highest BCUT2D eigenvalue weighted by Crippen LogP contribution is 2.26. The average Bonchev–Trinajstić information content (AvgIpc) is 3.34. The quantitative estimate of drug-likeness (QED) is 0.624. The molecule has 32 heavy (non-hydrogen) atoms. The van der Waals surface area contributed by atoms with Crippen molar-refractivity contribution in [3.05, 3.63) is 83.3 Å². The smallest absolute Gasteiger partial charge is 0.182 e. The zero-order chi connectivity index (χ0) is 22.1. The van der Waals surface area contributed by atoms with Crippen molar-refractivity contribution in [2.75, 3.05) is 0 Å². The molecule has 2 unspecified atom stereocenters. The van der Waals surface area contributed by atoms with Crippen molar-refractivity contribution >= 4 is 11.9 Å². The van der Waals surface area contributed by atoms with E-state index in [-0.39, 0.29) is 17.9 Å². The van der Waals surface area contributed by atoms with E-state index in [1.54, 1.807) is 12.4 Å². The van der Waals surface area contributed by atoms with Crippen molar-refractivity contribution in [1.29, 1.82) is 0 Å². The van der Waals surface area contributed by atoms with E-state index < -0.39 is 6.04 Å². The van der Waals surface area contributed by atoms with E-state index in [1.165, 1.54) is 15.9 Å². The number of hydroxylamine groups is 2. The van der Waals surface area contributed by atoms with Crippen molar-refractivity contribution in [2.24, 2.45) is 0 Å². The summed E-state index contributed by atoms with van der Waals surface area (Å²) < 4.78 is 0. The number of aryl methyl sites for hydroxylation is 1. The summed E-state index contributed by atoms with van der Waals surface area (Å²) in [5, 5.41) is 13.7. The number of nitrogens with zero attached hydrogens (tertiary/aromatic N) is 4. The molecule has 2 aromatic carbocycles. The lowest BCUT2D eigenvalue weighted by Crippen LogP contribution is -2.55. The second-order valence-electron chi connectivity index (χ2n) is 8.60. The third-order valence-electron chi connectivity index (χ3n) is 6.07. The van der Waals surface area contributed by atoms with Gasteiger partial charge in [0.25, 0.3) is 0 Å². The number of aromatic nitrogens is 3. The predicted octanol–water partition coefficient (Wildman–Crippen LogP) is 3.69. The molecule has 5 rings (SSSR count). The molecule has 0 amide bonds. The fourth-order valence-electron chi connectivity index (χ4n) is 4.46. The molecule has 0 aliphatic carbocycles. The van der Waals surface area contributed by atoms with Gasteiger partial charge in [0.05, 0.1) is 24.6 Å². The van der Waals surface area contributed by atoms with Gasteiger partial charge in [-0.3, -0.25) is 14.7 Å². The molecule has 1 fully saturated rings. The van der Waals surface area contributed by atoms with E-state index in [4.69, 9.17) is 4.84 Å². The van der Waals surface area contributed by atoms with Crippen molar-refractivity contribution in [3.63, 3.8) is 0 Å².